The SMILES string of the molecule is C=C1N(Cc2cnc(C)s2)C(=O)C(/C=C/SNC2(C)CC2)=C(SC)N1CC1CC1. The van der Waals surface area contributed by atoms with Crippen molar-refractivity contribution in [2.75, 3.05) is 12.8 Å². The predicted octanol–water partition coefficient (Wildman–Crippen LogP) is 4.86. The molecule has 2 aliphatic carbocycles. The third kappa shape index (κ3) is 4.93. The average Bonchev–Trinajstić information content (AvgIpc) is 3.61. The Morgan fingerprint density at radius 1 is 1.41 bits per heavy atom. The molecular weight excluding hydrogens is 420 g/mol. The van der Waals surface area contributed by atoms with Crippen molar-refractivity contribution in [2.24, 2.45) is 5.92 Å². The number of thiazole rings is 1. The molecule has 0 spiro atoms. The lowest BCUT2D eigenvalue weighted by atomic mass is 10.1. The van der Waals surface area contributed by atoms with Crippen molar-refractivity contribution in [3.63, 3.8) is 0 Å². The summed E-state index contributed by atoms with van der Waals surface area (Å²) < 4.78 is 3.47. The van der Waals surface area contributed by atoms with Crippen molar-refractivity contribution in [1.29, 1.82) is 0 Å². The summed E-state index contributed by atoms with van der Waals surface area (Å²) in [7, 11) is 0. The lowest BCUT2D eigenvalue weighted by Crippen LogP contribution is -2.44. The van der Waals surface area contributed by atoms with Crippen molar-refractivity contribution in [1.82, 2.24) is 19.5 Å². The van der Waals surface area contributed by atoms with Crippen molar-refractivity contribution >= 4 is 41.0 Å². The maximum absolute atomic E-state index is 13.4. The Kier molecular flexibility index (Phi) is 6.16. The molecule has 2 saturated carbocycles. The first kappa shape index (κ1) is 21.0. The second-order valence-corrected chi connectivity index (χ2v) is 11.0. The fourth-order valence-electron chi connectivity index (χ4n) is 3.24. The maximum Gasteiger partial charge on any atom is 0.262 e. The smallest absolute Gasteiger partial charge is 0.262 e. The van der Waals surface area contributed by atoms with Crippen LogP contribution in [0.5, 0.6) is 0 Å². The highest BCUT2D eigenvalue weighted by molar-refractivity contribution is 8.02. The van der Waals surface area contributed by atoms with Gasteiger partial charge in [-0.15, -0.1) is 23.1 Å². The van der Waals surface area contributed by atoms with Gasteiger partial charge in [0, 0.05) is 23.2 Å². The number of thioether (sulfide) groups is 1. The molecule has 156 valence electrons. The van der Waals surface area contributed by atoms with Crippen LogP contribution in [0.4, 0.5) is 0 Å². The molecule has 0 saturated heterocycles. The average molecular weight is 449 g/mol. The Morgan fingerprint density at radius 2 is 2.17 bits per heavy atom. The van der Waals surface area contributed by atoms with Gasteiger partial charge in [-0.3, -0.25) is 14.4 Å². The summed E-state index contributed by atoms with van der Waals surface area (Å²) in [5, 5.41) is 4.03. The van der Waals surface area contributed by atoms with Crippen LogP contribution in [0, 0.1) is 12.8 Å². The zero-order chi connectivity index (χ0) is 20.6. The van der Waals surface area contributed by atoms with Crippen LogP contribution < -0.4 is 4.72 Å². The molecule has 1 amide bonds. The maximum atomic E-state index is 13.4. The summed E-state index contributed by atoms with van der Waals surface area (Å²) in [5.74, 6) is 1.50. The molecule has 5 nitrogen and oxygen atoms in total. The normalized spacial score (nSPS) is 21.6. The molecule has 0 bridgehead atoms. The number of aromatic nitrogens is 1. The van der Waals surface area contributed by atoms with Gasteiger partial charge in [-0.05, 0) is 63.2 Å². The van der Waals surface area contributed by atoms with E-state index in [-0.39, 0.29) is 11.4 Å². The number of nitrogens with zero attached hydrogens (tertiary/aromatic N) is 3. The number of carbonyl (C=O) groups is 1. The van der Waals surface area contributed by atoms with Crippen LogP contribution in [0.2, 0.25) is 0 Å². The lowest BCUT2D eigenvalue weighted by molar-refractivity contribution is -0.127. The summed E-state index contributed by atoms with van der Waals surface area (Å²) in [4.78, 5) is 22.9. The topological polar surface area (TPSA) is 48.5 Å². The first-order valence-electron chi connectivity index (χ1n) is 9.97. The summed E-state index contributed by atoms with van der Waals surface area (Å²) in [6.07, 6.45) is 10.8. The zero-order valence-corrected chi connectivity index (χ0v) is 19.7. The largest absolute Gasteiger partial charge is 0.322 e. The summed E-state index contributed by atoms with van der Waals surface area (Å²) in [6.45, 7) is 9.98. The van der Waals surface area contributed by atoms with Gasteiger partial charge >= 0.3 is 0 Å². The van der Waals surface area contributed by atoms with E-state index in [1.807, 2.05) is 35.8 Å². The summed E-state index contributed by atoms with van der Waals surface area (Å²) >= 11 is 4.84. The molecule has 0 aromatic carbocycles. The highest BCUT2D eigenvalue weighted by Gasteiger charge is 2.38. The Bertz CT molecular complexity index is 867. The molecule has 1 N–H and O–H groups in total. The molecule has 1 aromatic rings. The number of hydrogen-bond donors (Lipinski definition) is 1. The molecule has 0 unspecified atom stereocenters. The Morgan fingerprint density at radius 3 is 2.76 bits per heavy atom. The van der Waals surface area contributed by atoms with Crippen LogP contribution in [-0.2, 0) is 11.3 Å². The van der Waals surface area contributed by atoms with Gasteiger partial charge in [0.2, 0.25) is 0 Å². The minimum Gasteiger partial charge on any atom is -0.322 e. The van der Waals surface area contributed by atoms with Gasteiger partial charge in [0.25, 0.3) is 5.91 Å². The molecule has 2 heterocycles. The molecule has 0 atom stereocenters. The minimum atomic E-state index is 0.0203. The number of rotatable bonds is 9. The predicted molar refractivity (Wildman–Crippen MR) is 124 cm³/mol. The van der Waals surface area contributed by atoms with E-state index in [0.29, 0.717) is 12.5 Å². The van der Waals surface area contributed by atoms with Crippen LogP contribution in [0.15, 0.2) is 40.7 Å². The highest BCUT2D eigenvalue weighted by atomic mass is 32.2. The Labute approximate surface area is 185 Å². The van der Waals surface area contributed by atoms with Gasteiger partial charge in [0.15, 0.2) is 0 Å². The molecule has 1 aliphatic heterocycles. The fourth-order valence-corrected chi connectivity index (χ4v) is 5.56. The number of nitrogens with one attached hydrogen (secondary N) is 1. The van der Waals surface area contributed by atoms with Gasteiger partial charge in [-0.2, -0.15) is 0 Å². The molecular formula is C21H28N4OS3. The summed E-state index contributed by atoms with van der Waals surface area (Å²) in [6, 6.07) is 0. The van der Waals surface area contributed by atoms with E-state index in [1.165, 1.54) is 25.7 Å². The van der Waals surface area contributed by atoms with Crippen LogP contribution in [0.1, 0.15) is 42.5 Å². The van der Waals surface area contributed by atoms with Crippen molar-refractivity contribution in [3.8, 4) is 0 Å². The van der Waals surface area contributed by atoms with E-state index in [4.69, 9.17) is 0 Å². The van der Waals surface area contributed by atoms with Crippen molar-refractivity contribution in [3.05, 3.63) is 50.6 Å². The van der Waals surface area contributed by atoms with Crippen LogP contribution >= 0.6 is 35.0 Å². The number of amides is 1. The fraction of sp³-hybridized carbons (Fsp3) is 0.524. The molecule has 2 fully saturated rings. The van der Waals surface area contributed by atoms with Gasteiger partial charge in [-0.1, -0.05) is 18.5 Å². The Balaban J connectivity index is 1.58. The number of hydrogen-bond acceptors (Lipinski definition) is 7. The second-order valence-electron chi connectivity index (χ2n) is 8.21. The number of aryl methyl sites for hydroxylation is 1. The van der Waals surface area contributed by atoms with Crippen LogP contribution in [0.25, 0.3) is 0 Å². The summed E-state index contributed by atoms with van der Waals surface area (Å²) in [5.41, 5.74) is 1.01. The number of carbonyl (C=O) groups excluding carboxylic acids is 1. The minimum absolute atomic E-state index is 0.0203. The highest BCUT2D eigenvalue weighted by Crippen LogP contribution is 2.40. The molecule has 1 aromatic heterocycles. The van der Waals surface area contributed by atoms with Crippen LogP contribution in [-0.4, -0.2) is 39.0 Å². The second kappa shape index (κ2) is 8.49. The van der Waals surface area contributed by atoms with Gasteiger partial charge in [0.05, 0.1) is 22.2 Å². The molecule has 4 rings (SSSR count). The first-order chi connectivity index (χ1) is 13.9. The monoisotopic (exact) mass is 448 g/mol. The standard InChI is InChI=1S/C21H28N4OS3/c1-14-22-11-17(29-14)13-24-15(2)25(12-16-5-6-16)20(27-4)18(19(24)26)7-10-28-23-21(3)8-9-21/h7,10-11,16,23H,2,5-6,8-9,12-13H2,1,3-4H3/b10-7+. The van der Waals surface area contributed by atoms with E-state index >= 15 is 0 Å². The van der Waals surface area contributed by atoms with E-state index in [1.54, 1.807) is 35.0 Å². The van der Waals surface area contributed by atoms with Gasteiger partial charge < -0.3 is 4.90 Å². The molecule has 29 heavy (non-hydrogen) atoms. The van der Waals surface area contributed by atoms with Crippen LogP contribution in [0.3, 0.4) is 0 Å². The molecule has 8 heteroatoms. The van der Waals surface area contributed by atoms with Crippen molar-refractivity contribution in [2.45, 2.75) is 51.6 Å². The van der Waals surface area contributed by atoms with Gasteiger partial charge in [-0.25, -0.2) is 4.98 Å². The third-order valence-corrected chi connectivity index (χ3v) is 8.10. The molecule has 3 aliphatic rings. The van der Waals surface area contributed by atoms with E-state index < -0.39 is 0 Å². The van der Waals surface area contributed by atoms with E-state index in [9.17, 15) is 4.79 Å². The Hall–Kier alpha value is -1.22. The zero-order valence-electron chi connectivity index (χ0n) is 17.2. The third-order valence-electron chi connectivity index (χ3n) is 5.50. The molecule has 0 radical (unpaired) electrons. The van der Waals surface area contributed by atoms with Crippen molar-refractivity contribution < 1.29 is 4.79 Å². The van der Waals surface area contributed by atoms with Gasteiger partial charge in [0.1, 0.15) is 5.82 Å². The quantitative estimate of drug-likeness (QED) is 0.545. The lowest BCUT2D eigenvalue weighted by Gasteiger charge is -2.40. The first-order valence-corrected chi connectivity index (χ1v) is 12.9. The van der Waals surface area contributed by atoms with E-state index in [2.05, 4.69) is 28.1 Å². The van der Waals surface area contributed by atoms with E-state index in [0.717, 1.165) is 32.9 Å².